The van der Waals surface area contributed by atoms with Gasteiger partial charge in [-0.3, -0.25) is 0 Å². The Balaban J connectivity index is 2.34. The summed E-state index contributed by atoms with van der Waals surface area (Å²) < 4.78 is 29.2. The van der Waals surface area contributed by atoms with Crippen LogP contribution >= 0.6 is 15.9 Å². The Morgan fingerprint density at radius 3 is 2.00 bits per heavy atom. The number of halogens is 1. The second-order valence-electron chi connectivity index (χ2n) is 5.62. The molecule has 0 aliphatic rings. The molecule has 0 aliphatic heterocycles. The molecule has 2 aromatic carbocycles. The molecule has 0 unspecified atom stereocenters. The lowest BCUT2D eigenvalue weighted by molar-refractivity contribution is 0.565. The summed E-state index contributed by atoms with van der Waals surface area (Å²) in [6.07, 6.45) is 0. The first-order valence-corrected chi connectivity index (χ1v) is 9.34. The van der Waals surface area contributed by atoms with Gasteiger partial charge >= 0.3 is 0 Å². The van der Waals surface area contributed by atoms with Crippen LogP contribution in [0.1, 0.15) is 35.2 Å². The first-order valence-electron chi connectivity index (χ1n) is 7.06. The number of rotatable bonds is 4. The lowest BCUT2D eigenvalue weighted by atomic mass is 10.1. The van der Waals surface area contributed by atoms with Gasteiger partial charge in [0.1, 0.15) is 0 Å². The van der Waals surface area contributed by atoms with Crippen LogP contribution in [0.3, 0.4) is 0 Å². The highest BCUT2D eigenvalue weighted by Gasteiger charge is 2.22. The van der Waals surface area contributed by atoms with E-state index in [1.165, 1.54) is 0 Å². The number of benzene rings is 2. The van der Waals surface area contributed by atoms with Crippen LogP contribution in [-0.2, 0) is 10.0 Å². The summed E-state index contributed by atoms with van der Waals surface area (Å²) in [5, 5.41) is 0. The maximum Gasteiger partial charge on any atom is 0.241 e. The number of aryl methyl sites for hydroxylation is 3. The molecule has 1 N–H and O–H groups in total. The first-order chi connectivity index (χ1) is 10.2. The molecule has 0 fully saturated rings. The Hall–Kier alpha value is -1.17. The molecule has 3 nitrogen and oxygen atoms in total. The van der Waals surface area contributed by atoms with E-state index >= 15 is 0 Å². The quantitative estimate of drug-likeness (QED) is 0.851. The fourth-order valence-corrected chi connectivity index (χ4v) is 4.65. The summed E-state index contributed by atoms with van der Waals surface area (Å²) in [5.41, 5.74) is 3.53. The molecule has 2 aromatic rings. The third-order valence-electron chi connectivity index (χ3n) is 3.58. The lowest BCUT2D eigenvalue weighted by Crippen LogP contribution is -2.28. The van der Waals surface area contributed by atoms with Crippen molar-refractivity contribution in [3.05, 3.63) is 63.1 Å². The van der Waals surface area contributed by atoms with Crippen molar-refractivity contribution in [2.24, 2.45) is 0 Å². The molecule has 2 rings (SSSR count). The van der Waals surface area contributed by atoms with Crippen LogP contribution in [0.15, 0.2) is 45.8 Å². The van der Waals surface area contributed by atoms with E-state index in [2.05, 4.69) is 20.7 Å². The van der Waals surface area contributed by atoms with Gasteiger partial charge in [-0.05, 0) is 56.5 Å². The van der Waals surface area contributed by atoms with E-state index in [9.17, 15) is 8.42 Å². The van der Waals surface area contributed by atoms with Gasteiger partial charge in [-0.15, -0.1) is 0 Å². The summed E-state index contributed by atoms with van der Waals surface area (Å²) in [6, 6.07) is 11.1. The van der Waals surface area contributed by atoms with Gasteiger partial charge in [-0.2, -0.15) is 0 Å². The van der Waals surface area contributed by atoms with E-state index in [1.807, 2.05) is 64.1 Å². The first kappa shape index (κ1) is 17.2. The van der Waals surface area contributed by atoms with E-state index < -0.39 is 10.0 Å². The second-order valence-corrected chi connectivity index (χ2v) is 8.19. The average molecular weight is 382 g/mol. The fourth-order valence-electron chi connectivity index (χ4n) is 2.70. The van der Waals surface area contributed by atoms with E-state index in [1.54, 1.807) is 0 Å². The van der Waals surface area contributed by atoms with Crippen LogP contribution in [0.4, 0.5) is 0 Å². The Morgan fingerprint density at radius 1 is 1.00 bits per heavy atom. The summed E-state index contributed by atoms with van der Waals surface area (Å²) in [4.78, 5) is 0.377. The monoisotopic (exact) mass is 381 g/mol. The fraction of sp³-hybridized carbons (Fsp3) is 0.294. The van der Waals surface area contributed by atoms with E-state index in [-0.39, 0.29) is 6.04 Å². The Labute approximate surface area is 140 Å². The average Bonchev–Trinajstić information content (AvgIpc) is 2.36. The molecule has 0 saturated carbocycles. The normalized spacial score (nSPS) is 13.1. The third kappa shape index (κ3) is 3.77. The Bertz CT molecular complexity index is 760. The van der Waals surface area contributed by atoms with Crippen LogP contribution in [0, 0.1) is 20.8 Å². The van der Waals surface area contributed by atoms with Gasteiger partial charge in [0, 0.05) is 10.5 Å². The predicted molar refractivity (Wildman–Crippen MR) is 93.5 cm³/mol. The molecule has 118 valence electrons. The Kier molecular flexibility index (Phi) is 5.10. The minimum absolute atomic E-state index is 0.293. The zero-order chi connectivity index (χ0) is 16.5. The molecular weight excluding hydrogens is 362 g/mol. The van der Waals surface area contributed by atoms with Crippen molar-refractivity contribution in [1.82, 2.24) is 4.72 Å². The van der Waals surface area contributed by atoms with Gasteiger partial charge in [0.25, 0.3) is 0 Å². The third-order valence-corrected chi connectivity index (χ3v) is 5.95. The molecule has 0 aromatic heterocycles. The highest BCUT2D eigenvalue weighted by molar-refractivity contribution is 9.10. The van der Waals surface area contributed by atoms with Gasteiger partial charge in [0.15, 0.2) is 0 Å². The zero-order valence-electron chi connectivity index (χ0n) is 13.1. The number of sulfonamides is 1. The molecule has 0 bridgehead atoms. The van der Waals surface area contributed by atoms with E-state index in [4.69, 9.17) is 0 Å². The molecule has 0 saturated heterocycles. The van der Waals surface area contributed by atoms with Crippen LogP contribution in [-0.4, -0.2) is 8.42 Å². The predicted octanol–water partition coefficient (Wildman–Crippen LogP) is 4.41. The molecule has 0 heterocycles. The molecule has 5 heteroatoms. The zero-order valence-corrected chi connectivity index (χ0v) is 15.5. The molecule has 0 radical (unpaired) electrons. The topological polar surface area (TPSA) is 46.2 Å². The molecule has 0 aliphatic carbocycles. The highest BCUT2D eigenvalue weighted by atomic mass is 79.9. The molecule has 0 amide bonds. The summed E-state index contributed by atoms with van der Waals surface area (Å²) in [5.74, 6) is 0. The van der Waals surface area contributed by atoms with Crippen LogP contribution < -0.4 is 4.72 Å². The second kappa shape index (κ2) is 6.52. The molecule has 22 heavy (non-hydrogen) atoms. The molecular formula is C17H20BrNO2S. The molecule has 1 atom stereocenters. The van der Waals surface area contributed by atoms with Crippen molar-refractivity contribution in [2.75, 3.05) is 0 Å². The van der Waals surface area contributed by atoms with Crippen LogP contribution in [0.2, 0.25) is 0 Å². The lowest BCUT2D eigenvalue weighted by Gasteiger charge is -2.18. The Morgan fingerprint density at radius 2 is 1.50 bits per heavy atom. The van der Waals surface area contributed by atoms with Crippen LogP contribution in [0.25, 0.3) is 0 Å². The minimum atomic E-state index is -3.56. The smallest absolute Gasteiger partial charge is 0.207 e. The van der Waals surface area contributed by atoms with Gasteiger partial charge < -0.3 is 0 Å². The molecule has 0 spiro atoms. The highest BCUT2D eigenvalue weighted by Crippen LogP contribution is 2.24. The minimum Gasteiger partial charge on any atom is -0.207 e. The maximum absolute atomic E-state index is 12.7. The summed E-state index contributed by atoms with van der Waals surface area (Å²) >= 11 is 3.38. The standard InChI is InChI=1S/C17H20BrNO2S/c1-11-9-12(2)17(13(3)10-11)22(20,21)19-14(4)15-5-7-16(18)8-6-15/h5-10,14,19H,1-4H3/t14-/m0/s1. The van der Waals surface area contributed by atoms with Crippen LogP contribution in [0.5, 0.6) is 0 Å². The number of hydrogen-bond donors (Lipinski definition) is 1. The van der Waals surface area contributed by atoms with Crippen molar-refractivity contribution >= 4 is 26.0 Å². The van der Waals surface area contributed by atoms with Gasteiger partial charge in [0.05, 0.1) is 4.90 Å². The summed E-state index contributed by atoms with van der Waals surface area (Å²) in [6.45, 7) is 7.48. The van der Waals surface area contributed by atoms with Crippen molar-refractivity contribution in [3.63, 3.8) is 0 Å². The van der Waals surface area contributed by atoms with Gasteiger partial charge in [-0.1, -0.05) is 45.8 Å². The number of hydrogen-bond acceptors (Lipinski definition) is 2. The van der Waals surface area contributed by atoms with Crippen molar-refractivity contribution in [1.29, 1.82) is 0 Å². The SMILES string of the molecule is Cc1cc(C)c(S(=O)(=O)N[C@@H](C)c2ccc(Br)cc2)c(C)c1. The summed E-state index contributed by atoms with van der Waals surface area (Å²) in [7, 11) is -3.56. The van der Waals surface area contributed by atoms with Crippen molar-refractivity contribution < 1.29 is 8.42 Å². The van der Waals surface area contributed by atoms with Crippen molar-refractivity contribution in [3.8, 4) is 0 Å². The van der Waals surface area contributed by atoms with Gasteiger partial charge in [0.2, 0.25) is 10.0 Å². The largest absolute Gasteiger partial charge is 0.241 e. The van der Waals surface area contributed by atoms with Crippen molar-refractivity contribution in [2.45, 2.75) is 38.6 Å². The van der Waals surface area contributed by atoms with E-state index in [0.717, 1.165) is 26.7 Å². The van der Waals surface area contributed by atoms with E-state index in [0.29, 0.717) is 4.90 Å². The maximum atomic E-state index is 12.7. The number of nitrogens with one attached hydrogen (secondary N) is 1. The van der Waals surface area contributed by atoms with Gasteiger partial charge in [-0.25, -0.2) is 13.1 Å².